The summed E-state index contributed by atoms with van der Waals surface area (Å²) in [6, 6.07) is 10.4. The summed E-state index contributed by atoms with van der Waals surface area (Å²) in [5, 5.41) is 8.82. The van der Waals surface area contributed by atoms with Gasteiger partial charge in [-0.05, 0) is 54.0 Å². The number of benzene rings is 2. The summed E-state index contributed by atoms with van der Waals surface area (Å²) in [4.78, 5) is 16.9. The van der Waals surface area contributed by atoms with E-state index in [9.17, 15) is 13.2 Å². The SMILES string of the molecule is CC(C)CC1CCN=Cc2c1cc(NC(=O)Cc1ccccc1Cl)cc2S(N)(=O)=O. The monoisotopic (exact) mass is 447 g/mol. The zero-order valence-electron chi connectivity index (χ0n) is 17.1. The summed E-state index contributed by atoms with van der Waals surface area (Å²) in [6.45, 7) is 4.87. The van der Waals surface area contributed by atoms with Crippen LogP contribution in [0.3, 0.4) is 0 Å². The van der Waals surface area contributed by atoms with Gasteiger partial charge in [0.25, 0.3) is 0 Å². The van der Waals surface area contributed by atoms with E-state index >= 15 is 0 Å². The minimum absolute atomic E-state index is 0.0209. The van der Waals surface area contributed by atoms with Crippen LogP contribution >= 0.6 is 11.6 Å². The highest BCUT2D eigenvalue weighted by atomic mass is 35.5. The van der Waals surface area contributed by atoms with Gasteiger partial charge in [0.05, 0.1) is 11.3 Å². The Balaban J connectivity index is 1.99. The Morgan fingerprint density at radius 1 is 1.30 bits per heavy atom. The van der Waals surface area contributed by atoms with Gasteiger partial charge in [0.2, 0.25) is 15.9 Å². The third kappa shape index (κ3) is 5.47. The van der Waals surface area contributed by atoms with Crippen molar-refractivity contribution in [2.24, 2.45) is 16.0 Å². The molecule has 0 radical (unpaired) electrons. The zero-order valence-corrected chi connectivity index (χ0v) is 18.6. The van der Waals surface area contributed by atoms with Crippen LogP contribution in [0.4, 0.5) is 5.69 Å². The van der Waals surface area contributed by atoms with Gasteiger partial charge in [-0.2, -0.15) is 0 Å². The van der Waals surface area contributed by atoms with Gasteiger partial charge in [-0.15, -0.1) is 0 Å². The van der Waals surface area contributed by atoms with Crippen molar-refractivity contribution in [3.63, 3.8) is 0 Å². The van der Waals surface area contributed by atoms with Crippen molar-refractivity contribution in [3.05, 3.63) is 58.1 Å². The number of rotatable bonds is 6. The molecule has 1 amide bonds. The Labute approximate surface area is 182 Å². The van der Waals surface area contributed by atoms with Crippen molar-refractivity contribution < 1.29 is 13.2 Å². The molecule has 1 aliphatic heterocycles. The molecule has 30 heavy (non-hydrogen) atoms. The maximum Gasteiger partial charge on any atom is 0.238 e. The number of aliphatic imine (C=N–C) groups is 1. The van der Waals surface area contributed by atoms with Crippen LogP contribution in [0.2, 0.25) is 5.02 Å². The lowest BCUT2D eigenvalue weighted by Crippen LogP contribution is -2.19. The summed E-state index contributed by atoms with van der Waals surface area (Å²) in [5.74, 6) is 0.270. The highest BCUT2D eigenvalue weighted by Crippen LogP contribution is 2.35. The number of halogens is 1. The molecule has 2 aromatic carbocycles. The summed E-state index contributed by atoms with van der Waals surface area (Å²) >= 11 is 6.15. The van der Waals surface area contributed by atoms with Crippen LogP contribution in [0.15, 0.2) is 46.3 Å². The van der Waals surface area contributed by atoms with Crippen LogP contribution < -0.4 is 10.5 Å². The molecule has 8 heteroatoms. The van der Waals surface area contributed by atoms with E-state index in [1.807, 2.05) is 12.1 Å². The second kappa shape index (κ2) is 9.29. The van der Waals surface area contributed by atoms with Gasteiger partial charge in [-0.25, -0.2) is 13.6 Å². The van der Waals surface area contributed by atoms with Crippen LogP contribution in [-0.4, -0.2) is 27.1 Å². The number of hydrogen-bond acceptors (Lipinski definition) is 4. The first kappa shape index (κ1) is 22.5. The Morgan fingerprint density at radius 3 is 2.70 bits per heavy atom. The van der Waals surface area contributed by atoms with Crippen molar-refractivity contribution in [3.8, 4) is 0 Å². The minimum Gasteiger partial charge on any atom is -0.326 e. The Morgan fingerprint density at radius 2 is 2.03 bits per heavy atom. The number of nitrogens with one attached hydrogen (secondary N) is 1. The average Bonchev–Trinajstić information content (AvgIpc) is 2.84. The maximum atomic E-state index is 12.6. The normalized spacial score (nSPS) is 16.2. The molecule has 0 aliphatic carbocycles. The molecule has 6 nitrogen and oxygen atoms in total. The topological polar surface area (TPSA) is 102 Å². The van der Waals surface area contributed by atoms with Crippen molar-refractivity contribution in [1.82, 2.24) is 0 Å². The smallest absolute Gasteiger partial charge is 0.238 e. The summed E-state index contributed by atoms with van der Waals surface area (Å²) in [6.07, 6.45) is 3.36. The third-order valence-corrected chi connectivity index (χ3v) is 6.42. The predicted molar refractivity (Wildman–Crippen MR) is 121 cm³/mol. The van der Waals surface area contributed by atoms with Crippen molar-refractivity contribution in [2.45, 2.75) is 43.9 Å². The summed E-state index contributed by atoms with van der Waals surface area (Å²) < 4.78 is 24.6. The van der Waals surface area contributed by atoms with Crippen molar-refractivity contribution >= 4 is 39.4 Å². The molecule has 0 bridgehead atoms. The molecular weight excluding hydrogens is 422 g/mol. The standard InChI is InChI=1S/C22H26ClN3O3S/c1-14(2)9-15-7-8-25-13-19-18(15)11-17(12-21(19)30(24,28)29)26-22(27)10-16-5-3-4-6-20(16)23/h3-6,11-15H,7-10H2,1-2H3,(H,26,27)(H2,24,28,29). The Kier molecular flexibility index (Phi) is 6.95. The highest BCUT2D eigenvalue weighted by molar-refractivity contribution is 7.89. The van der Waals surface area contributed by atoms with Gasteiger partial charge in [-0.1, -0.05) is 43.6 Å². The Hall–Kier alpha value is -2.22. The van der Waals surface area contributed by atoms with Crippen LogP contribution in [0, 0.1) is 5.92 Å². The molecule has 0 spiro atoms. The number of carbonyl (C=O) groups excluding carboxylic acids is 1. The number of nitrogens with two attached hydrogens (primary N) is 1. The minimum atomic E-state index is -4.00. The van der Waals surface area contributed by atoms with Gasteiger partial charge >= 0.3 is 0 Å². The lowest BCUT2D eigenvalue weighted by molar-refractivity contribution is -0.115. The molecule has 0 saturated heterocycles. The van der Waals surface area contributed by atoms with E-state index in [0.29, 0.717) is 34.3 Å². The summed E-state index contributed by atoms with van der Waals surface area (Å²) in [5.41, 5.74) is 2.47. The first-order chi connectivity index (χ1) is 14.1. The largest absolute Gasteiger partial charge is 0.326 e. The number of hydrogen-bond donors (Lipinski definition) is 2. The summed E-state index contributed by atoms with van der Waals surface area (Å²) in [7, 11) is -4.00. The van der Waals surface area contributed by atoms with E-state index in [0.717, 1.165) is 18.4 Å². The van der Waals surface area contributed by atoms with Crippen LogP contribution in [0.1, 0.15) is 49.3 Å². The zero-order chi connectivity index (χ0) is 21.9. The molecular formula is C22H26ClN3O3S. The fourth-order valence-electron chi connectivity index (χ4n) is 3.81. The predicted octanol–water partition coefficient (Wildman–Crippen LogP) is 4.12. The molecule has 0 fully saturated rings. The maximum absolute atomic E-state index is 12.6. The fourth-order valence-corrected chi connectivity index (χ4v) is 4.78. The lowest BCUT2D eigenvalue weighted by atomic mass is 9.85. The number of nitrogens with zero attached hydrogens (tertiary/aromatic N) is 1. The van der Waals surface area contributed by atoms with Crippen molar-refractivity contribution in [2.75, 3.05) is 11.9 Å². The quantitative estimate of drug-likeness (QED) is 0.696. The number of primary sulfonamides is 1. The van der Waals surface area contributed by atoms with Gasteiger partial charge in [0, 0.05) is 29.0 Å². The average molecular weight is 448 g/mol. The molecule has 1 atom stereocenters. The van der Waals surface area contributed by atoms with E-state index in [4.69, 9.17) is 16.7 Å². The van der Waals surface area contributed by atoms with Crippen LogP contribution in [-0.2, 0) is 21.2 Å². The molecule has 0 aromatic heterocycles. The van der Waals surface area contributed by atoms with E-state index in [2.05, 4.69) is 24.2 Å². The lowest BCUT2D eigenvalue weighted by Gasteiger charge is -2.22. The van der Waals surface area contributed by atoms with Crippen LogP contribution in [0.25, 0.3) is 0 Å². The molecule has 160 valence electrons. The second-order valence-corrected chi connectivity index (χ2v) is 9.93. The number of sulfonamides is 1. The molecule has 1 aliphatic rings. The van der Waals surface area contributed by atoms with E-state index < -0.39 is 10.0 Å². The van der Waals surface area contributed by atoms with Crippen molar-refractivity contribution in [1.29, 1.82) is 0 Å². The third-order valence-electron chi connectivity index (χ3n) is 5.10. The number of carbonyl (C=O) groups is 1. The van der Waals surface area contributed by atoms with Gasteiger partial charge in [-0.3, -0.25) is 9.79 Å². The van der Waals surface area contributed by atoms with E-state index in [-0.39, 0.29) is 23.1 Å². The number of anilines is 1. The first-order valence-electron chi connectivity index (χ1n) is 9.89. The Bertz CT molecular complexity index is 1080. The first-order valence-corrected chi connectivity index (χ1v) is 11.8. The molecule has 0 saturated carbocycles. The molecule has 3 N–H and O–H groups in total. The highest BCUT2D eigenvalue weighted by Gasteiger charge is 2.25. The fraction of sp³-hybridized carbons (Fsp3) is 0.364. The molecule has 3 rings (SSSR count). The van der Waals surface area contributed by atoms with E-state index in [1.165, 1.54) is 6.07 Å². The number of fused-ring (bicyclic) bond motifs is 1. The van der Waals surface area contributed by atoms with Gasteiger partial charge in [0.1, 0.15) is 0 Å². The van der Waals surface area contributed by atoms with Crippen LogP contribution in [0.5, 0.6) is 0 Å². The molecule has 1 heterocycles. The van der Waals surface area contributed by atoms with E-state index in [1.54, 1.807) is 24.4 Å². The van der Waals surface area contributed by atoms with Gasteiger partial charge in [0.15, 0.2) is 0 Å². The molecule has 2 aromatic rings. The van der Waals surface area contributed by atoms with Gasteiger partial charge < -0.3 is 5.32 Å². The molecule has 1 unspecified atom stereocenters. The second-order valence-electron chi connectivity index (χ2n) is 7.99. The number of amides is 1.